The summed E-state index contributed by atoms with van der Waals surface area (Å²) >= 11 is 0. The van der Waals surface area contributed by atoms with Crippen LogP contribution < -0.4 is 10.2 Å². The second-order valence-corrected chi connectivity index (χ2v) is 6.08. The molecule has 2 rings (SSSR count). The topological polar surface area (TPSA) is 24.5 Å². The van der Waals surface area contributed by atoms with Crippen LogP contribution in [0, 0.1) is 5.82 Å². The highest BCUT2D eigenvalue weighted by Crippen LogP contribution is 2.21. The van der Waals surface area contributed by atoms with Gasteiger partial charge in [0.05, 0.1) is 5.60 Å². The first-order valence-electron chi connectivity index (χ1n) is 7.29. The Morgan fingerprint density at radius 3 is 2.70 bits per heavy atom. The number of nitrogens with zero attached hydrogens (tertiary/aromatic N) is 1. The van der Waals surface area contributed by atoms with E-state index in [-0.39, 0.29) is 11.4 Å². The molecule has 0 spiro atoms. The van der Waals surface area contributed by atoms with E-state index >= 15 is 0 Å². The molecule has 1 aliphatic heterocycles. The van der Waals surface area contributed by atoms with Crippen molar-refractivity contribution in [3.8, 4) is 0 Å². The van der Waals surface area contributed by atoms with Gasteiger partial charge in [0.1, 0.15) is 5.82 Å². The lowest BCUT2D eigenvalue weighted by Crippen LogP contribution is -2.36. The molecule has 1 N–H and O–H groups in total. The third-order valence-corrected chi connectivity index (χ3v) is 4.09. The van der Waals surface area contributed by atoms with Crippen LogP contribution in [0.2, 0.25) is 0 Å². The van der Waals surface area contributed by atoms with Crippen LogP contribution >= 0.6 is 0 Å². The summed E-state index contributed by atoms with van der Waals surface area (Å²) in [4.78, 5) is 2.30. The number of ether oxygens (including phenoxy) is 1. The van der Waals surface area contributed by atoms with Gasteiger partial charge in [-0.25, -0.2) is 4.39 Å². The second-order valence-electron chi connectivity index (χ2n) is 6.08. The van der Waals surface area contributed by atoms with Crippen LogP contribution in [0.1, 0.15) is 26.7 Å². The van der Waals surface area contributed by atoms with Gasteiger partial charge in [-0.3, -0.25) is 0 Å². The van der Waals surface area contributed by atoms with Crippen LogP contribution in [0.4, 0.5) is 10.1 Å². The van der Waals surface area contributed by atoms with Gasteiger partial charge in [-0.15, -0.1) is 0 Å². The van der Waals surface area contributed by atoms with Crippen LogP contribution in [-0.4, -0.2) is 38.4 Å². The molecular formula is C16H25FN2O. The van der Waals surface area contributed by atoms with Crippen LogP contribution in [0.15, 0.2) is 24.3 Å². The first kappa shape index (κ1) is 15.3. The molecule has 1 atom stereocenters. The highest BCUT2D eigenvalue weighted by molar-refractivity contribution is 5.47. The van der Waals surface area contributed by atoms with Crippen LogP contribution in [0.3, 0.4) is 0 Å². The molecule has 1 aromatic carbocycles. The molecule has 0 aliphatic carbocycles. The van der Waals surface area contributed by atoms with E-state index in [0.29, 0.717) is 6.04 Å². The summed E-state index contributed by atoms with van der Waals surface area (Å²) in [6, 6.07) is 7.26. The summed E-state index contributed by atoms with van der Waals surface area (Å²) in [6.45, 7) is 7.18. The monoisotopic (exact) mass is 280 g/mol. The van der Waals surface area contributed by atoms with Crippen molar-refractivity contribution in [2.24, 2.45) is 0 Å². The van der Waals surface area contributed by atoms with Crippen molar-refractivity contribution in [2.45, 2.75) is 38.3 Å². The van der Waals surface area contributed by atoms with Crippen LogP contribution in [0.25, 0.3) is 0 Å². The molecule has 1 saturated heterocycles. The summed E-state index contributed by atoms with van der Waals surface area (Å²) < 4.78 is 18.3. The van der Waals surface area contributed by atoms with Gasteiger partial charge in [-0.2, -0.15) is 0 Å². The van der Waals surface area contributed by atoms with Crippen molar-refractivity contribution in [2.75, 3.05) is 31.6 Å². The Morgan fingerprint density at radius 2 is 2.05 bits per heavy atom. The Kier molecular flexibility index (Phi) is 5.00. The third-order valence-electron chi connectivity index (χ3n) is 4.09. The van der Waals surface area contributed by atoms with Gasteiger partial charge in [-0.1, -0.05) is 0 Å². The molecule has 0 aromatic heterocycles. The Bertz CT molecular complexity index is 419. The minimum Gasteiger partial charge on any atom is -0.379 e. The van der Waals surface area contributed by atoms with Crippen molar-refractivity contribution >= 4 is 5.69 Å². The van der Waals surface area contributed by atoms with Crippen molar-refractivity contribution in [3.63, 3.8) is 0 Å². The Balaban J connectivity index is 1.76. The summed E-state index contributed by atoms with van der Waals surface area (Å²) in [7, 11) is 1.76. The SMILES string of the molecule is COC(C)(C)CCN[C@@H]1CCN(c2ccc(F)cc2)C1. The van der Waals surface area contributed by atoms with Crippen LogP contribution in [-0.2, 0) is 4.74 Å². The third kappa shape index (κ3) is 4.18. The molecule has 0 saturated carbocycles. The van der Waals surface area contributed by atoms with E-state index in [4.69, 9.17) is 4.74 Å². The molecule has 1 fully saturated rings. The zero-order valence-electron chi connectivity index (χ0n) is 12.7. The average molecular weight is 280 g/mol. The smallest absolute Gasteiger partial charge is 0.123 e. The maximum atomic E-state index is 12.9. The lowest BCUT2D eigenvalue weighted by Gasteiger charge is -2.24. The minimum absolute atomic E-state index is 0.0672. The Morgan fingerprint density at radius 1 is 1.35 bits per heavy atom. The molecule has 3 nitrogen and oxygen atoms in total. The fraction of sp³-hybridized carbons (Fsp3) is 0.625. The average Bonchev–Trinajstić information content (AvgIpc) is 2.88. The van der Waals surface area contributed by atoms with E-state index in [9.17, 15) is 4.39 Å². The normalized spacial score (nSPS) is 19.6. The van der Waals surface area contributed by atoms with Gasteiger partial charge in [0.2, 0.25) is 0 Å². The van der Waals surface area contributed by atoms with Gasteiger partial charge < -0.3 is 15.0 Å². The molecule has 20 heavy (non-hydrogen) atoms. The highest BCUT2D eigenvalue weighted by Gasteiger charge is 2.23. The van der Waals surface area contributed by atoms with E-state index in [2.05, 4.69) is 24.1 Å². The van der Waals surface area contributed by atoms with E-state index in [1.807, 2.05) is 12.1 Å². The van der Waals surface area contributed by atoms with E-state index in [1.54, 1.807) is 7.11 Å². The quantitative estimate of drug-likeness (QED) is 0.867. The molecule has 4 heteroatoms. The maximum Gasteiger partial charge on any atom is 0.123 e. The maximum absolute atomic E-state index is 12.9. The summed E-state index contributed by atoms with van der Waals surface area (Å²) in [5, 5.41) is 3.59. The highest BCUT2D eigenvalue weighted by atomic mass is 19.1. The van der Waals surface area contributed by atoms with Gasteiger partial charge >= 0.3 is 0 Å². The molecule has 0 amide bonds. The van der Waals surface area contributed by atoms with E-state index in [1.165, 1.54) is 12.1 Å². The number of anilines is 1. The molecule has 1 aliphatic rings. The standard InChI is InChI=1S/C16H25FN2O/c1-16(2,20-3)9-10-18-14-8-11-19(12-14)15-6-4-13(17)5-7-15/h4-7,14,18H,8-12H2,1-3H3/t14-/m1/s1. The Labute approximate surface area is 121 Å². The van der Waals surface area contributed by atoms with Crippen molar-refractivity contribution < 1.29 is 9.13 Å². The predicted octanol–water partition coefficient (Wildman–Crippen LogP) is 2.81. The minimum atomic E-state index is -0.176. The molecular weight excluding hydrogens is 255 g/mol. The number of hydrogen-bond donors (Lipinski definition) is 1. The van der Waals surface area contributed by atoms with Gasteiger partial charge in [0.25, 0.3) is 0 Å². The van der Waals surface area contributed by atoms with Crippen LogP contribution in [0.5, 0.6) is 0 Å². The molecule has 0 unspecified atom stereocenters. The zero-order chi connectivity index (χ0) is 14.6. The lowest BCUT2D eigenvalue weighted by molar-refractivity contribution is 0.0155. The number of methoxy groups -OCH3 is 1. The van der Waals surface area contributed by atoms with Gasteiger partial charge in [0.15, 0.2) is 0 Å². The number of rotatable bonds is 6. The summed E-state index contributed by atoms with van der Waals surface area (Å²) in [6.07, 6.45) is 2.13. The van der Waals surface area contributed by atoms with Crippen molar-refractivity contribution in [1.82, 2.24) is 5.32 Å². The number of benzene rings is 1. The fourth-order valence-electron chi connectivity index (χ4n) is 2.49. The molecule has 0 radical (unpaired) electrons. The number of hydrogen-bond acceptors (Lipinski definition) is 3. The van der Waals surface area contributed by atoms with E-state index < -0.39 is 0 Å². The number of nitrogens with one attached hydrogen (secondary N) is 1. The summed E-state index contributed by atoms with van der Waals surface area (Å²) in [5.74, 6) is -0.176. The molecule has 1 aromatic rings. The molecule has 0 bridgehead atoms. The largest absolute Gasteiger partial charge is 0.379 e. The van der Waals surface area contributed by atoms with Crippen molar-refractivity contribution in [1.29, 1.82) is 0 Å². The lowest BCUT2D eigenvalue weighted by atomic mass is 10.1. The first-order valence-corrected chi connectivity index (χ1v) is 7.29. The second kappa shape index (κ2) is 6.55. The molecule has 1 heterocycles. The number of halogens is 1. The van der Waals surface area contributed by atoms with Gasteiger partial charge in [0, 0.05) is 31.9 Å². The Hall–Kier alpha value is -1.13. The predicted molar refractivity (Wildman–Crippen MR) is 80.7 cm³/mol. The first-order chi connectivity index (χ1) is 9.50. The van der Waals surface area contributed by atoms with E-state index in [0.717, 1.165) is 38.2 Å². The summed E-state index contributed by atoms with van der Waals surface area (Å²) in [5.41, 5.74) is 1.04. The fourth-order valence-corrected chi connectivity index (χ4v) is 2.49. The molecule has 112 valence electrons. The zero-order valence-corrected chi connectivity index (χ0v) is 12.7. The van der Waals surface area contributed by atoms with Gasteiger partial charge in [-0.05, 0) is 57.5 Å². The van der Waals surface area contributed by atoms with Crippen molar-refractivity contribution in [3.05, 3.63) is 30.1 Å².